The molecule has 4 rings (SSSR count). The number of benzene rings is 2. The van der Waals surface area contributed by atoms with E-state index in [2.05, 4.69) is 9.69 Å². The lowest BCUT2D eigenvalue weighted by Crippen LogP contribution is -2.47. The number of primary amides is 1. The Morgan fingerprint density at radius 3 is 2.12 bits per heavy atom. The van der Waals surface area contributed by atoms with Crippen LogP contribution in [-0.4, -0.2) is 49.5 Å². The lowest BCUT2D eigenvalue weighted by Gasteiger charge is -2.33. The summed E-state index contributed by atoms with van der Waals surface area (Å²) in [6.45, 7) is 1.92. The molecule has 1 unspecified atom stereocenters. The largest absolute Gasteiger partial charge is 0.493 e. The van der Waals surface area contributed by atoms with E-state index in [9.17, 15) is 14.4 Å². The van der Waals surface area contributed by atoms with Gasteiger partial charge in [0.2, 0.25) is 11.7 Å². The summed E-state index contributed by atoms with van der Waals surface area (Å²) in [5.41, 5.74) is 13.1. The number of carbonyl (C=O) groups is 3. The maximum Gasteiger partial charge on any atom is 0.273 e. The Bertz CT molecular complexity index is 1390. The Hall–Kier alpha value is -4.32. The van der Waals surface area contributed by atoms with Crippen LogP contribution in [0.3, 0.4) is 0 Å². The highest BCUT2D eigenvalue weighted by atomic mass is 32.1. The van der Waals surface area contributed by atoms with Crippen molar-refractivity contribution in [2.75, 3.05) is 32.0 Å². The summed E-state index contributed by atoms with van der Waals surface area (Å²) in [7, 11) is 4.44. The normalized spacial score (nSPS) is 14.1. The Balaban J connectivity index is 1.93. The maximum atomic E-state index is 14.3. The van der Waals surface area contributed by atoms with Crippen molar-refractivity contribution in [2.45, 2.75) is 51.1 Å². The van der Waals surface area contributed by atoms with Crippen molar-refractivity contribution in [1.29, 1.82) is 0 Å². The third-order valence-corrected chi connectivity index (χ3v) is 8.00. The van der Waals surface area contributed by atoms with E-state index in [-0.39, 0.29) is 22.3 Å². The molecule has 11 nitrogen and oxygen atoms in total. The number of amides is 3. The number of hydrogen-bond donors (Lipinski definition) is 3. The SMILES string of the molecule is COc1cc(C(C(=O)NC2CCCCC2)N(C(=O)c2snc(C(N)=O)c2N)c2ccc(C)cc2)cc(OC)c1OC. The molecule has 0 spiro atoms. The van der Waals surface area contributed by atoms with Crippen LogP contribution in [0.2, 0.25) is 0 Å². The Kier molecular flexibility index (Phi) is 9.33. The number of aryl methyl sites for hydroxylation is 1. The van der Waals surface area contributed by atoms with E-state index in [1.165, 1.54) is 26.2 Å². The van der Waals surface area contributed by atoms with E-state index in [1.807, 2.05) is 19.1 Å². The van der Waals surface area contributed by atoms with E-state index in [1.54, 1.807) is 24.3 Å². The molecule has 1 saturated carbocycles. The van der Waals surface area contributed by atoms with Crippen LogP contribution in [-0.2, 0) is 4.79 Å². The monoisotopic (exact) mass is 581 g/mol. The average Bonchev–Trinajstić information content (AvgIpc) is 3.37. The number of rotatable bonds is 10. The fraction of sp³-hybridized carbons (Fsp3) is 0.379. The number of anilines is 2. The molecular formula is C29H35N5O6S. The molecule has 0 bridgehead atoms. The second kappa shape index (κ2) is 12.9. The predicted molar refractivity (Wildman–Crippen MR) is 157 cm³/mol. The van der Waals surface area contributed by atoms with E-state index in [0.717, 1.165) is 49.2 Å². The smallest absolute Gasteiger partial charge is 0.273 e. The van der Waals surface area contributed by atoms with Crippen LogP contribution in [0.5, 0.6) is 17.2 Å². The minimum absolute atomic E-state index is 0.0118. The summed E-state index contributed by atoms with van der Waals surface area (Å²) in [4.78, 5) is 41.8. The van der Waals surface area contributed by atoms with Gasteiger partial charge >= 0.3 is 0 Å². The molecule has 2 aromatic carbocycles. The highest BCUT2D eigenvalue weighted by Crippen LogP contribution is 2.42. The number of aromatic nitrogens is 1. The summed E-state index contributed by atoms with van der Waals surface area (Å²) < 4.78 is 20.7. The van der Waals surface area contributed by atoms with Crippen molar-refractivity contribution in [3.8, 4) is 17.2 Å². The molecule has 1 aliphatic carbocycles. The molecule has 1 fully saturated rings. The van der Waals surface area contributed by atoms with Gasteiger partial charge < -0.3 is 31.0 Å². The van der Waals surface area contributed by atoms with Gasteiger partial charge in [-0.05, 0) is 61.1 Å². The van der Waals surface area contributed by atoms with Gasteiger partial charge in [0.25, 0.3) is 11.8 Å². The Morgan fingerprint density at radius 1 is 1.00 bits per heavy atom. The zero-order chi connectivity index (χ0) is 29.7. The molecule has 1 aromatic heterocycles. The van der Waals surface area contributed by atoms with Crippen molar-refractivity contribution in [2.24, 2.45) is 5.73 Å². The van der Waals surface area contributed by atoms with E-state index in [0.29, 0.717) is 28.5 Å². The first kappa shape index (κ1) is 29.7. The van der Waals surface area contributed by atoms with Crippen molar-refractivity contribution in [3.05, 3.63) is 58.1 Å². The highest BCUT2D eigenvalue weighted by Gasteiger charge is 2.38. The lowest BCUT2D eigenvalue weighted by molar-refractivity contribution is -0.123. The van der Waals surface area contributed by atoms with Crippen molar-refractivity contribution >= 4 is 40.6 Å². The second-order valence-corrected chi connectivity index (χ2v) is 10.6. The van der Waals surface area contributed by atoms with Gasteiger partial charge in [-0.1, -0.05) is 37.0 Å². The molecule has 41 heavy (non-hydrogen) atoms. The third-order valence-electron chi connectivity index (χ3n) is 7.15. The molecule has 0 saturated heterocycles. The maximum absolute atomic E-state index is 14.3. The van der Waals surface area contributed by atoms with E-state index < -0.39 is 23.8 Å². The zero-order valence-electron chi connectivity index (χ0n) is 23.6. The minimum atomic E-state index is -1.18. The Morgan fingerprint density at radius 2 is 1.61 bits per heavy atom. The number of nitrogens with two attached hydrogens (primary N) is 2. The van der Waals surface area contributed by atoms with E-state index in [4.69, 9.17) is 25.7 Å². The first-order valence-corrected chi connectivity index (χ1v) is 14.0. The standard InChI is InChI=1S/C29H35N5O6S/c1-16-10-12-19(13-11-16)34(29(37)26-22(30)23(27(31)35)33-41-26)24(28(36)32-18-8-6-5-7-9-18)17-14-20(38-2)25(40-4)21(15-17)39-3/h10-15,18,24H,5-9,30H2,1-4H3,(H2,31,35)(H,32,36). The van der Waals surface area contributed by atoms with Crippen molar-refractivity contribution < 1.29 is 28.6 Å². The summed E-state index contributed by atoms with van der Waals surface area (Å²) in [6, 6.07) is 9.25. The van der Waals surface area contributed by atoms with Crippen molar-refractivity contribution in [1.82, 2.24) is 9.69 Å². The molecule has 1 aliphatic rings. The van der Waals surface area contributed by atoms with E-state index >= 15 is 0 Å². The van der Waals surface area contributed by atoms with Crippen LogP contribution in [0.25, 0.3) is 0 Å². The molecule has 3 aromatic rings. The van der Waals surface area contributed by atoms with Gasteiger partial charge in [0.1, 0.15) is 10.9 Å². The van der Waals surface area contributed by atoms with Crippen LogP contribution in [0.4, 0.5) is 11.4 Å². The average molecular weight is 582 g/mol. The van der Waals surface area contributed by atoms with Gasteiger partial charge in [0, 0.05) is 11.7 Å². The van der Waals surface area contributed by atoms with Gasteiger partial charge in [0.15, 0.2) is 17.2 Å². The molecule has 3 amide bonds. The topological polar surface area (TPSA) is 159 Å². The molecule has 1 atom stereocenters. The number of nitrogen functional groups attached to an aromatic ring is 1. The number of ether oxygens (including phenoxy) is 3. The van der Waals surface area contributed by atoms with Gasteiger partial charge in [-0.3, -0.25) is 19.3 Å². The molecular weight excluding hydrogens is 546 g/mol. The van der Waals surface area contributed by atoms with Gasteiger partial charge in [0.05, 0.1) is 27.0 Å². The van der Waals surface area contributed by atoms with Crippen LogP contribution < -0.4 is 35.9 Å². The number of hydrogen-bond acceptors (Lipinski definition) is 9. The van der Waals surface area contributed by atoms with Gasteiger partial charge in [-0.25, -0.2) is 0 Å². The van der Waals surface area contributed by atoms with Crippen molar-refractivity contribution in [3.63, 3.8) is 0 Å². The van der Waals surface area contributed by atoms with Gasteiger partial charge in [-0.15, -0.1) is 0 Å². The van der Waals surface area contributed by atoms with Crippen LogP contribution in [0.15, 0.2) is 36.4 Å². The predicted octanol–water partition coefficient (Wildman–Crippen LogP) is 4.00. The zero-order valence-corrected chi connectivity index (χ0v) is 24.4. The number of nitrogens with zero attached hydrogens (tertiary/aromatic N) is 2. The first-order valence-electron chi connectivity index (χ1n) is 13.3. The minimum Gasteiger partial charge on any atom is -0.493 e. The molecule has 1 heterocycles. The highest BCUT2D eigenvalue weighted by molar-refractivity contribution is 7.09. The fourth-order valence-electron chi connectivity index (χ4n) is 5.03. The fourth-order valence-corrected chi connectivity index (χ4v) is 5.77. The first-order chi connectivity index (χ1) is 19.7. The summed E-state index contributed by atoms with van der Waals surface area (Å²) in [6.07, 6.45) is 4.82. The number of carbonyl (C=O) groups excluding carboxylic acids is 3. The van der Waals surface area contributed by atoms with Gasteiger partial charge in [-0.2, -0.15) is 4.37 Å². The number of methoxy groups -OCH3 is 3. The lowest BCUT2D eigenvalue weighted by atomic mass is 9.94. The second-order valence-electron chi connectivity index (χ2n) is 9.85. The quantitative estimate of drug-likeness (QED) is 0.324. The Labute approximate surface area is 242 Å². The summed E-state index contributed by atoms with van der Waals surface area (Å²) in [5.74, 6) is -0.872. The summed E-state index contributed by atoms with van der Waals surface area (Å²) >= 11 is 0.752. The summed E-state index contributed by atoms with van der Waals surface area (Å²) in [5, 5.41) is 3.16. The van der Waals surface area contributed by atoms with Crippen LogP contribution >= 0.6 is 11.5 Å². The third kappa shape index (κ3) is 6.22. The molecule has 218 valence electrons. The number of nitrogens with one attached hydrogen (secondary N) is 1. The molecule has 0 radical (unpaired) electrons. The van der Waals surface area contributed by atoms with Crippen LogP contribution in [0.1, 0.15) is 69.4 Å². The molecule has 12 heteroatoms. The molecule has 5 N–H and O–H groups in total. The van der Waals surface area contributed by atoms with Crippen LogP contribution in [0, 0.1) is 6.92 Å². The molecule has 0 aliphatic heterocycles.